The van der Waals surface area contributed by atoms with E-state index in [1.165, 1.54) is 0 Å². The zero-order chi connectivity index (χ0) is 39.6. The highest BCUT2D eigenvalue weighted by Gasteiger charge is 2.83. The molecule has 0 aliphatic heterocycles. The molecule has 0 N–H and O–H groups in total. The van der Waals surface area contributed by atoms with Crippen LogP contribution in [0.15, 0.2) is 19.7 Å². The molecule has 0 aliphatic carbocycles. The summed E-state index contributed by atoms with van der Waals surface area (Å²) in [5.41, 5.74) is -3.44. The van der Waals surface area contributed by atoms with Crippen molar-refractivity contribution in [3.63, 3.8) is 0 Å². The Labute approximate surface area is 305 Å². The van der Waals surface area contributed by atoms with Gasteiger partial charge in [-0.3, -0.25) is 0 Å². The molecule has 3 heterocycles. The molecule has 23 heteroatoms. The van der Waals surface area contributed by atoms with Crippen LogP contribution in [0.25, 0.3) is 19.5 Å². The first kappa shape index (κ1) is 44.2. The van der Waals surface area contributed by atoms with E-state index in [2.05, 4.69) is 31.9 Å². The smallest absolute Gasteiger partial charge is 0.194 e. The van der Waals surface area contributed by atoms with E-state index in [1.807, 2.05) is 0 Å². The molecule has 0 unspecified atom stereocenters. The Morgan fingerprint density at radius 3 is 1.02 bits per heavy atom. The molecule has 0 atom stereocenters. The van der Waals surface area contributed by atoms with Crippen molar-refractivity contribution in [3.05, 3.63) is 42.0 Å². The van der Waals surface area contributed by atoms with E-state index < -0.39 is 76.3 Å². The van der Waals surface area contributed by atoms with Gasteiger partial charge in [0.05, 0.1) is 18.7 Å². The highest BCUT2D eigenvalue weighted by molar-refractivity contribution is 9.11. The predicted molar refractivity (Wildman–Crippen MR) is 163 cm³/mol. The molecule has 3 rings (SSSR count). The molecule has 0 saturated carbocycles. The van der Waals surface area contributed by atoms with E-state index in [0.717, 1.165) is 0 Å². The number of unbranched alkanes of at least 4 members (excludes halogenated alkanes) is 2. The molecule has 0 nitrogen and oxygen atoms in total. The highest BCUT2D eigenvalue weighted by atomic mass is 79.9. The third-order valence-corrected chi connectivity index (χ3v) is 12.8. The van der Waals surface area contributed by atoms with Crippen LogP contribution in [0.1, 0.15) is 61.8 Å². The fourth-order valence-corrected chi connectivity index (χ4v) is 9.87. The standard InChI is InChI=1S/C28H20Br2F18S3/c1-3-5-7-11-12(8-6-4-2)18(16-10-14(20(30)50-16)22(33,34)24(37,38)26(41,42)28(46,47)48)51-17(11)15-9-13(19(29)49-15)21(31,32)23(35,36)25(39,40)27(43,44)45/h9-10H,3-8H2,1-2H3. The Hall–Kier alpha value is -1.20. The van der Waals surface area contributed by atoms with Gasteiger partial charge in [-0.05, 0) is 80.8 Å². The molecular formula is C28H20Br2F18S3. The van der Waals surface area contributed by atoms with Crippen molar-refractivity contribution in [1.29, 1.82) is 0 Å². The van der Waals surface area contributed by atoms with Crippen LogP contribution in [0, 0.1) is 0 Å². The molecule has 3 aromatic heterocycles. The van der Waals surface area contributed by atoms with Crippen molar-refractivity contribution < 1.29 is 79.0 Å². The van der Waals surface area contributed by atoms with E-state index >= 15 is 0 Å². The molecule has 51 heavy (non-hydrogen) atoms. The van der Waals surface area contributed by atoms with Crippen molar-refractivity contribution >= 4 is 65.9 Å². The van der Waals surface area contributed by atoms with Gasteiger partial charge in [-0.1, -0.05) is 26.7 Å². The first-order chi connectivity index (χ1) is 22.9. The van der Waals surface area contributed by atoms with Gasteiger partial charge in [0.1, 0.15) is 0 Å². The van der Waals surface area contributed by atoms with Gasteiger partial charge in [0.2, 0.25) is 0 Å². The molecule has 0 spiro atoms. The Balaban J connectivity index is 2.31. The number of halogens is 20. The van der Waals surface area contributed by atoms with Crippen LogP contribution in [-0.2, 0) is 24.7 Å². The van der Waals surface area contributed by atoms with Crippen LogP contribution < -0.4 is 0 Å². The van der Waals surface area contributed by atoms with Crippen molar-refractivity contribution in [1.82, 2.24) is 0 Å². The monoisotopic (exact) mass is 952 g/mol. The van der Waals surface area contributed by atoms with Gasteiger partial charge < -0.3 is 0 Å². The summed E-state index contributed by atoms with van der Waals surface area (Å²) in [6.07, 6.45) is -12.5. The van der Waals surface area contributed by atoms with E-state index in [9.17, 15) is 79.0 Å². The Morgan fingerprint density at radius 1 is 0.471 bits per heavy atom. The summed E-state index contributed by atoms with van der Waals surface area (Å²) in [5.74, 6) is -40.7. The molecule has 0 fully saturated rings. The molecule has 290 valence electrons. The lowest BCUT2D eigenvalue weighted by molar-refractivity contribution is -0.399. The lowest BCUT2D eigenvalue weighted by Gasteiger charge is -2.33. The molecule has 0 aromatic carbocycles. The normalized spacial score (nSPS) is 14.5. The summed E-state index contributed by atoms with van der Waals surface area (Å²) in [6.45, 7) is 3.40. The van der Waals surface area contributed by atoms with Gasteiger partial charge in [-0.2, -0.15) is 79.0 Å². The van der Waals surface area contributed by atoms with E-state index in [-0.39, 0.29) is 68.5 Å². The zero-order valence-corrected chi connectivity index (χ0v) is 30.8. The number of rotatable bonds is 14. The molecular weight excluding hydrogens is 934 g/mol. The maximum Gasteiger partial charge on any atom is 0.460 e. The van der Waals surface area contributed by atoms with Crippen molar-refractivity contribution in [2.24, 2.45) is 0 Å². The average Bonchev–Trinajstić information content (AvgIpc) is 3.67. The quantitative estimate of drug-likeness (QED) is 0.141. The molecule has 0 bridgehead atoms. The Kier molecular flexibility index (Phi) is 12.5. The third-order valence-electron chi connectivity index (χ3n) is 7.46. The first-order valence-corrected chi connectivity index (χ1v) is 18.1. The van der Waals surface area contributed by atoms with Gasteiger partial charge in [0.25, 0.3) is 0 Å². The summed E-state index contributed by atoms with van der Waals surface area (Å²) in [6, 6.07) is 0.459. The van der Waals surface area contributed by atoms with Gasteiger partial charge in [0, 0.05) is 19.5 Å². The summed E-state index contributed by atoms with van der Waals surface area (Å²) in [7, 11) is 0. The molecule has 0 aliphatic rings. The summed E-state index contributed by atoms with van der Waals surface area (Å²) >= 11 is 6.01. The topological polar surface area (TPSA) is 0 Å². The Morgan fingerprint density at radius 2 is 0.765 bits per heavy atom. The summed E-state index contributed by atoms with van der Waals surface area (Å²) in [4.78, 5) is -0.981. The van der Waals surface area contributed by atoms with Crippen LogP contribution in [0.5, 0.6) is 0 Å². The second-order valence-corrected chi connectivity index (χ2v) is 16.7. The minimum Gasteiger partial charge on any atom is -0.194 e. The second kappa shape index (κ2) is 14.5. The van der Waals surface area contributed by atoms with Crippen LogP contribution in [0.4, 0.5) is 79.0 Å². The summed E-state index contributed by atoms with van der Waals surface area (Å²) in [5, 5.41) is 0. The number of hydrogen-bond donors (Lipinski definition) is 0. The largest absolute Gasteiger partial charge is 0.460 e. The lowest BCUT2D eigenvalue weighted by Crippen LogP contribution is -2.59. The highest BCUT2D eigenvalue weighted by Crippen LogP contribution is 2.61. The van der Waals surface area contributed by atoms with Crippen LogP contribution in [0.2, 0.25) is 0 Å². The lowest BCUT2D eigenvalue weighted by atomic mass is 9.95. The molecule has 0 amide bonds. The first-order valence-electron chi connectivity index (χ1n) is 14.0. The Bertz CT molecular complexity index is 1570. The summed E-state index contributed by atoms with van der Waals surface area (Å²) < 4.78 is 246. The number of thiophene rings is 3. The minimum atomic E-state index is -7.20. The van der Waals surface area contributed by atoms with Crippen molar-refractivity contribution in [2.45, 2.75) is 100 Å². The minimum absolute atomic E-state index is 0.0520. The van der Waals surface area contributed by atoms with E-state index in [0.29, 0.717) is 37.0 Å². The molecule has 3 aromatic rings. The van der Waals surface area contributed by atoms with E-state index in [1.54, 1.807) is 13.8 Å². The number of hydrogen-bond acceptors (Lipinski definition) is 3. The van der Waals surface area contributed by atoms with Gasteiger partial charge >= 0.3 is 47.9 Å². The van der Waals surface area contributed by atoms with E-state index in [4.69, 9.17) is 0 Å². The SMILES string of the molecule is CCCCc1c(-c2cc(C(F)(F)C(F)(F)C(F)(F)C(F)(F)F)c(Br)s2)sc(-c2cc(C(F)(F)C(F)(F)C(F)(F)C(F)(F)F)c(Br)s2)c1CCCC. The molecule has 0 radical (unpaired) electrons. The van der Waals surface area contributed by atoms with Gasteiger partial charge in [-0.15, -0.1) is 34.0 Å². The van der Waals surface area contributed by atoms with Crippen LogP contribution in [0.3, 0.4) is 0 Å². The molecule has 0 saturated heterocycles. The van der Waals surface area contributed by atoms with Gasteiger partial charge in [0.15, 0.2) is 0 Å². The average molecular weight is 954 g/mol. The fourth-order valence-electron chi connectivity index (χ4n) is 4.61. The second-order valence-electron chi connectivity index (χ2n) is 11.0. The predicted octanol–water partition coefficient (Wildman–Crippen LogP) is 15.3. The van der Waals surface area contributed by atoms with Crippen LogP contribution >= 0.6 is 65.9 Å². The number of alkyl halides is 18. The maximum atomic E-state index is 15.0. The third kappa shape index (κ3) is 7.32. The van der Waals surface area contributed by atoms with Crippen LogP contribution in [-0.4, -0.2) is 36.0 Å². The van der Waals surface area contributed by atoms with Gasteiger partial charge in [-0.25, -0.2) is 0 Å². The zero-order valence-electron chi connectivity index (χ0n) is 25.2. The van der Waals surface area contributed by atoms with Crippen molar-refractivity contribution in [3.8, 4) is 19.5 Å². The fraction of sp³-hybridized carbons (Fsp3) is 0.571. The maximum absolute atomic E-state index is 15.0. The van der Waals surface area contributed by atoms with Crippen molar-refractivity contribution in [2.75, 3.05) is 0 Å².